The molecule has 0 aliphatic rings. The van der Waals surface area contributed by atoms with Crippen molar-refractivity contribution in [3.05, 3.63) is 41.0 Å². The van der Waals surface area contributed by atoms with Crippen LogP contribution in [-0.4, -0.2) is 12.6 Å². The van der Waals surface area contributed by atoms with Crippen molar-refractivity contribution in [1.29, 1.82) is 5.26 Å². The topological polar surface area (TPSA) is 50.1 Å². The van der Waals surface area contributed by atoms with Crippen molar-refractivity contribution in [3.63, 3.8) is 0 Å². The second-order valence-electron chi connectivity index (χ2n) is 3.83. The minimum Gasteiger partial charge on any atom is -0.462 e. The maximum atomic E-state index is 13.4. The quantitative estimate of drug-likeness (QED) is 0.355. The zero-order chi connectivity index (χ0) is 14.3. The summed E-state index contributed by atoms with van der Waals surface area (Å²) in [5, 5.41) is 8.84. The predicted molar refractivity (Wildman–Crippen MR) is 65.8 cm³/mol. The van der Waals surface area contributed by atoms with Crippen molar-refractivity contribution in [3.8, 4) is 6.07 Å². The highest BCUT2D eigenvalue weighted by Crippen LogP contribution is 2.14. The van der Waals surface area contributed by atoms with Crippen molar-refractivity contribution >= 4 is 12.0 Å². The molecule has 0 atom stereocenters. The monoisotopic (exact) mass is 265 g/mol. The highest BCUT2D eigenvalue weighted by Gasteiger charge is 2.12. The maximum absolute atomic E-state index is 13.4. The van der Waals surface area contributed by atoms with Crippen LogP contribution >= 0.6 is 0 Å². The first-order valence-corrected chi connectivity index (χ1v) is 5.82. The van der Waals surface area contributed by atoms with Gasteiger partial charge in [0.1, 0.15) is 23.3 Å². The van der Waals surface area contributed by atoms with Gasteiger partial charge in [0.2, 0.25) is 0 Å². The van der Waals surface area contributed by atoms with Gasteiger partial charge < -0.3 is 4.74 Å². The van der Waals surface area contributed by atoms with Gasteiger partial charge in [-0.25, -0.2) is 13.6 Å². The van der Waals surface area contributed by atoms with Crippen LogP contribution in [0.5, 0.6) is 0 Å². The molecule has 0 N–H and O–H groups in total. The van der Waals surface area contributed by atoms with Gasteiger partial charge in [-0.1, -0.05) is 13.3 Å². The Labute approximate surface area is 110 Å². The minimum atomic E-state index is -0.834. The number of esters is 1. The summed E-state index contributed by atoms with van der Waals surface area (Å²) in [7, 11) is 0. The molecule has 5 heteroatoms. The van der Waals surface area contributed by atoms with Crippen LogP contribution in [0.1, 0.15) is 25.3 Å². The summed E-state index contributed by atoms with van der Waals surface area (Å²) in [6.07, 6.45) is 2.50. The van der Waals surface area contributed by atoms with E-state index in [-0.39, 0.29) is 17.7 Å². The van der Waals surface area contributed by atoms with E-state index >= 15 is 0 Å². The van der Waals surface area contributed by atoms with Gasteiger partial charge in [-0.05, 0) is 30.7 Å². The number of hydrogen-bond acceptors (Lipinski definition) is 3. The van der Waals surface area contributed by atoms with Crippen LogP contribution in [0.15, 0.2) is 23.8 Å². The van der Waals surface area contributed by atoms with Crippen LogP contribution in [0.4, 0.5) is 8.78 Å². The summed E-state index contributed by atoms with van der Waals surface area (Å²) in [4.78, 5) is 11.5. The van der Waals surface area contributed by atoms with E-state index in [1.165, 1.54) is 0 Å². The van der Waals surface area contributed by atoms with E-state index in [9.17, 15) is 13.6 Å². The first-order chi connectivity index (χ1) is 9.08. The molecule has 3 nitrogen and oxygen atoms in total. The Hall–Kier alpha value is -2.22. The smallest absolute Gasteiger partial charge is 0.348 e. The van der Waals surface area contributed by atoms with Crippen LogP contribution in [0.3, 0.4) is 0 Å². The van der Waals surface area contributed by atoms with E-state index in [1.807, 2.05) is 6.92 Å². The molecule has 0 bridgehead atoms. The fraction of sp³-hybridized carbons (Fsp3) is 0.286. The summed E-state index contributed by atoms with van der Waals surface area (Å²) in [6.45, 7) is 2.12. The van der Waals surface area contributed by atoms with Crippen molar-refractivity contribution in [2.75, 3.05) is 6.61 Å². The van der Waals surface area contributed by atoms with E-state index in [0.717, 1.165) is 30.7 Å². The van der Waals surface area contributed by atoms with Gasteiger partial charge in [-0.15, -0.1) is 0 Å². The SMILES string of the molecule is CCCCOC(=O)/C(C#N)=C\c1cc(F)ccc1F. The molecule has 19 heavy (non-hydrogen) atoms. The molecule has 100 valence electrons. The minimum absolute atomic E-state index is 0.163. The predicted octanol–water partition coefficient (Wildman–Crippen LogP) is 3.22. The first-order valence-electron chi connectivity index (χ1n) is 5.82. The molecule has 0 spiro atoms. The zero-order valence-corrected chi connectivity index (χ0v) is 10.5. The normalized spacial score (nSPS) is 10.9. The fourth-order valence-electron chi connectivity index (χ4n) is 1.30. The number of hydrogen-bond donors (Lipinski definition) is 0. The molecular weight excluding hydrogens is 252 g/mol. The molecule has 1 aromatic rings. The fourth-order valence-corrected chi connectivity index (χ4v) is 1.30. The van der Waals surface area contributed by atoms with Gasteiger partial charge >= 0.3 is 5.97 Å². The number of ether oxygens (including phenoxy) is 1. The number of carbonyl (C=O) groups excluding carboxylic acids is 1. The number of nitriles is 1. The van der Waals surface area contributed by atoms with Crippen LogP contribution < -0.4 is 0 Å². The lowest BCUT2D eigenvalue weighted by Crippen LogP contribution is -2.08. The van der Waals surface area contributed by atoms with Gasteiger partial charge in [-0.2, -0.15) is 5.26 Å². The molecule has 0 heterocycles. The Kier molecular flexibility index (Phi) is 5.68. The Morgan fingerprint density at radius 3 is 2.84 bits per heavy atom. The molecule has 0 saturated heterocycles. The Bertz CT molecular complexity index is 533. The molecule has 0 fully saturated rings. The highest BCUT2D eigenvalue weighted by molar-refractivity contribution is 5.97. The highest BCUT2D eigenvalue weighted by atomic mass is 19.1. The summed E-state index contributed by atoms with van der Waals surface area (Å²) in [5.41, 5.74) is -0.524. The Balaban J connectivity index is 2.90. The van der Waals surface area contributed by atoms with E-state index in [2.05, 4.69) is 0 Å². The second-order valence-corrected chi connectivity index (χ2v) is 3.83. The summed E-state index contributed by atoms with van der Waals surface area (Å²) < 4.78 is 31.2. The lowest BCUT2D eigenvalue weighted by atomic mass is 10.1. The van der Waals surface area contributed by atoms with E-state index < -0.39 is 17.6 Å². The zero-order valence-electron chi connectivity index (χ0n) is 10.5. The Morgan fingerprint density at radius 2 is 2.21 bits per heavy atom. The molecule has 0 saturated carbocycles. The molecule has 1 aromatic carbocycles. The van der Waals surface area contributed by atoms with Crippen LogP contribution in [-0.2, 0) is 9.53 Å². The van der Waals surface area contributed by atoms with E-state index in [0.29, 0.717) is 6.42 Å². The van der Waals surface area contributed by atoms with Gasteiger partial charge in [0.25, 0.3) is 0 Å². The number of nitrogens with zero attached hydrogens (tertiary/aromatic N) is 1. The van der Waals surface area contributed by atoms with Gasteiger partial charge in [-0.3, -0.25) is 0 Å². The average molecular weight is 265 g/mol. The molecule has 0 aliphatic carbocycles. The molecule has 1 rings (SSSR count). The first kappa shape index (κ1) is 14.8. The van der Waals surface area contributed by atoms with Crippen molar-refractivity contribution < 1.29 is 18.3 Å². The van der Waals surface area contributed by atoms with Crippen molar-refractivity contribution in [1.82, 2.24) is 0 Å². The third kappa shape index (κ3) is 4.51. The lowest BCUT2D eigenvalue weighted by molar-refractivity contribution is -0.138. The number of carbonyl (C=O) groups is 1. The van der Waals surface area contributed by atoms with Gasteiger partial charge in [0, 0.05) is 5.56 Å². The lowest BCUT2D eigenvalue weighted by Gasteiger charge is -2.03. The molecule has 0 amide bonds. The molecule has 0 unspecified atom stereocenters. The molecule has 0 radical (unpaired) electrons. The molecular formula is C14H13F2NO2. The van der Waals surface area contributed by atoms with Crippen molar-refractivity contribution in [2.24, 2.45) is 0 Å². The van der Waals surface area contributed by atoms with Crippen LogP contribution in [0.25, 0.3) is 6.08 Å². The molecule has 0 aromatic heterocycles. The number of unbranched alkanes of at least 4 members (excludes halogenated alkanes) is 1. The van der Waals surface area contributed by atoms with Crippen LogP contribution in [0.2, 0.25) is 0 Å². The third-order valence-corrected chi connectivity index (χ3v) is 2.33. The number of benzene rings is 1. The Morgan fingerprint density at radius 1 is 1.47 bits per heavy atom. The van der Waals surface area contributed by atoms with E-state index in [4.69, 9.17) is 10.00 Å². The standard InChI is InChI=1S/C14H13F2NO2/c1-2-3-6-19-14(18)11(9-17)7-10-8-12(15)4-5-13(10)16/h4-5,7-8H,2-3,6H2,1H3/b11-7-. The van der Waals surface area contributed by atoms with E-state index in [1.54, 1.807) is 6.07 Å². The summed E-state index contributed by atoms with van der Waals surface area (Å²) in [6, 6.07) is 4.42. The average Bonchev–Trinajstić information content (AvgIpc) is 2.39. The summed E-state index contributed by atoms with van der Waals surface area (Å²) >= 11 is 0. The van der Waals surface area contributed by atoms with Crippen molar-refractivity contribution in [2.45, 2.75) is 19.8 Å². The summed E-state index contributed by atoms with van der Waals surface area (Å²) in [5.74, 6) is -2.19. The third-order valence-electron chi connectivity index (χ3n) is 2.33. The van der Waals surface area contributed by atoms with Crippen LogP contribution in [0, 0.1) is 23.0 Å². The second kappa shape index (κ2) is 7.27. The number of rotatable bonds is 5. The largest absolute Gasteiger partial charge is 0.462 e. The maximum Gasteiger partial charge on any atom is 0.348 e. The van der Waals surface area contributed by atoms with Gasteiger partial charge in [0.05, 0.1) is 6.61 Å². The van der Waals surface area contributed by atoms with Gasteiger partial charge in [0.15, 0.2) is 0 Å². The number of halogens is 2. The molecule has 0 aliphatic heterocycles.